The monoisotopic (exact) mass is 393 g/mol. The minimum absolute atomic E-state index is 0.0548. The van der Waals surface area contributed by atoms with E-state index >= 15 is 0 Å². The molecule has 0 fully saturated rings. The maximum absolute atomic E-state index is 14.0. The number of amides is 1. The number of carbonyl (C=O) groups excluding carboxylic acids is 3. The smallest absolute Gasteiger partial charge is 0.307 e. The molecule has 2 aromatic rings. The van der Waals surface area contributed by atoms with E-state index in [-0.39, 0.29) is 29.4 Å². The lowest BCUT2D eigenvalue weighted by molar-refractivity contribution is -0.142. The van der Waals surface area contributed by atoms with E-state index in [2.05, 4.69) is 5.32 Å². The molecule has 0 radical (unpaired) electrons. The Hall–Kier alpha value is -2.74. The van der Waals surface area contributed by atoms with Gasteiger partial charge in [-0.25, -0.2) is 8.78 Å². The summed E-state index contributed by atoms with van der Waals surface area (Å²) in [6, 6.07) is 9.48. The number of thioether (sulfide) groups is 1. The summed E-state index contributed by atoms with van der Waals surface area (Å²) < 4.78 is 31.6. The van der Waals surface area contributed by atoms with E-state index in [1.807, 2.05) is 0 Å². The maximum atomic E-state index is 14.0. The number of rotatable bonds is 8. The van der Waals surface area contributed by atoms with Crippen molar-refractivity contribution < 1.29 is 27.9 Å². The Labute approximate surface area is 159 Å². The molecule has 0 aromatic heterocycles. The molecule has 0 saturated carbocycles. The Morgan fingerprint density at radius 2 is 1.78 bits per heavy atom. The van der Waals surface area contributed by atoms with Gasteiger partial charge in [-0.2, -0.15) is 0 Å². The molecule has 0 atom stereocenters. The van der Waals surface area contributed by atoms with Crippen LogP contribution >= 0.6 is 11.8 Å². The second-order valence-corrected chi connectivity index (χ2v) is 6.68. The van der Waals surface area contributed by atoms with Crippen molar-refractivity contribution in [1.29, 1.82) is 0 Å². The van der Waals surface area contributed by atoms with Gasteiger partial charge in [0.1, 0.15) is 11.6 Å². The van der Waals surface area contributed by atoms with Gasteiger partial charge in [-0.1, -0.05) is 0 Å². The Balaban J connectivity index is 1.78. The highest BCUT2D eigenvalue weighted by Gasteiger charge is 2.15. The van der Waals surface area contributed by atoms with E-state index in [9.17, 15) is 23.2 Å². The van der Waals surface area contributed by atoms with E-state index in [4.69, 9.17) is 4.74 Å². The van der Waals surface area contributed by atoms with Crippen molar-refractivity contribution in [3.63, 3.8) is 0 Å². The molecule has 142 valence electrons. The topological polar surface area (TPSA) is 72.5 Å². The number of hydrogen-bond acceptors (Lipinski definition) is 5. The van der Waals surface area contributed by atoms with Crippen LogP contribution < -0.4 is 5.32 Å². The summed E-state index contributed by atoms with van der Waals surface area (Å²) in [4.78, 5) is 35.4. The molecule has 2 aromatic carbocycles. The lowest BCUT2D eigenvalue weighted by atomic mass is 10.1. The lowest BCUT2D eigenvalue weighted by Crippen LogP contribution is -2.16. The first-order valence-electron chi connectivity index (χ1n) is 7.99. The van der Waals surface area contributed by atoms with Gasteiger partial charge >= 0.3 is 5.97 Å². The van der Waals surface area contributed by atoms with Crippen LogP contribution in [-0.2, 0) is 14.3 Å². The normalized spacial score (nSPS) is 10.3. The molecule has 0 aliphatic rings. The Kier molecular flexibility index (Phi) is 7.48. The summed E-state index contributed by atoms with van der Waals surface area (Å²) in [5.41, 5.74) is 0.00366. The number of anilines is 1. The van der Waals surface area contributed by atoms with E-state index in [0.29, 0.717) is 5.75 Å². The van der Waals surface area contributed by atoms with Gasteiger partial charge in [0.15, 0.2) is 6.61 Å². The molecular weight excluding hydrogens is 376 g/mol. The van der Waals surface area contributed by atoms with E-state index in [1.54, 1.807) is 12.1 Å². The van der Waals surface area contributed by atoms with Crippen LogP contribution in [0.25, 0.3) is 0 Å². The molecule has 27 heavy (non-hydrogen) atoms. The molecule has 1 amide bonds. The predicted octanol–water partition coefficient (Wildman–Crippen LogP) is 3.83. The van der Waals surface area contributed by atoms with E-state index in [0.717, 1.165) is 11.0 Å². The molecular formula is C19H17F2NO4S. The number of benzene rings is 2. The van der Waals surface area contributed by atoms with Gasteiger partial charge < -0.3 is 10.1 Å². The molecule has 0 saturated heterocycles. The quantitative estimate of drug-likeness (QED) is 0.419. The molecule has 1 N–H and O–H groups in total. The third kappa shape index (κ3) is 6.82. The minimum atomic E-state index is -0.811. The van der Waals surface area contributed by atoms with Crippen molar-refractivity contribution in [3.05, 3.63) is 59.7 Å². The first-order chi connectivity index (χ1) is 12.8. The van der Waals surface area contributed by atoms with Gasteiger partial charge in [0.25, 0.3) is 0 Å². The van der Waals surface area contributed by atoms with Gasteiger partial charge in [0.2, 0.25) is 11.7 Å². The fourth-order valence-corrected chi connectivity index (χ4v) is 2.93. The minimum Gasteiger partial charge on any atom is -0.457 e. The second kappa shape index (κ2) is 9.82. The van der Waals surface area contributed by atoms with Crippen LogP contribution in [0.15, 0.2) is 47.4 Å². The van der Waals surface area contributed by atoms with Gasteiger partial charge in [-0.15, -0.1) is 11.8 Å². The van der Waals surface area contributed by atoms with Crippen LogP contribution in [0.2, 0.25) is 0 Å². The summed E-state index contributed by atoms with van der Waals surface area (Å²) in [5.74, 6) is -2.38. The Bertz CT molecular complexity index is 840. The number of esters is 1. The largest absolute Gasteiger partial charge is 0.457 e. The number of carbonyl (C=O) groups is 3. The zero-order valence-corrected chi connectivity index (χ0v) is 15.3. The molecule has 8 heteroatoms. The van der Waals surface area contributed by atoms with Crippen LogP contribution in [0.3, 0.4) is 0 Å². The highest BCUT2D eigenvalue weighted by Crippen LogP contribution is 2.19. The number of ether oxygens (including phenoxy) is 1. The van der Waals surface area contributed by atoms with Crippen LogP contribution in [0, 0.1) is 11.6 Å². The zero-order valence-electron chi connectivity index (χ0n) is 14.5. The number of halogens is 2. The number of ketones is 1. The lowest BCUT2D eigenvalue weighted by Gasteiger charge is -2.07. The van der Waals surface area contributed by atoms with Crippen molar-refractivity contribution in [2.24, 2.45) is 0 Å². The Morgan fingerprint density at radius 1 is 1.07 bits per heavy atom. The summed E-state index contributed by atoms with van der Waals surface area (Å²) in [7, 11) is 0. The summed E-state index contributed by atoms with van der Waals surface area (Å²) in [5, 5.41) is 2.40. The molecule has 5 nitrogen and oxygen atoms in total. The van der Waals surface area contributed by atoms with E-state index < -0.39 is 24.2 Å². The fourth-order valence-electron chi connectivity index (χ4n) is 2.10. The van der Waals surface area contributed by atoms with Gasteiger partial charge in [-0.3, -0.25) is 14.4 Å². The van der Waals surface area contributed by atoms with E-state index in [1.165, 1.54) is 43.0 Å². The summed E-state index contributed by atoms with van der Waals surface area (Å²) >= 11 is 1.35. The van der Waals surface area contributed by atoms with Gasteiger partial charge in [0.05, 0.1) is 12.0 Å². The highest BCUT2D eigenvalue weighted by atomic mass is 32.2. The third-order valence-corrected chi connectivity index (χ3v) is 4.36. The number of Topliss-reactive ketones (excluding diaryl/α,β-unsaturated/α-hetero) is 1. The summed E-state index contributed by atoms with van der Waals surface area (Å²) in [6.45, 7) is 0.710. The van der Waals surface area contributed by atoms with Crippen molar-refractivity contribution in [2.75, 3.05) is 17.7 Å². The number of hydrogen-bond donors (Lipinski definition) is 1. The van der Waals surface area contributed by atoms with Crippen molar-refractivity contribution in [1.82, 2.24) is 0 Å². The standard InChI is InChI=1S/C19H17F2NO4S/c1-12(23)22-14-4-7-16(17(21)10-14)18(24)11-26-19(25)8-9-27-15-5-2-13(20)3-6-15/h2-7,10H,8-9,11H2,1H3,(H,22,23). The van der Waals surface area contributed by atoms with Gasteiger partial charge in [0, 0.05) is 23.3 Å². The maximum Gasteiger partial charge on any atom is 0.307 e. The number of nitrogens with one attached hydrogen (secondary N) is 1. The van der Waals surface area contributed by atoms with Crippen LogP contribution in [0.4, 0.5) is 14.5 Å². The fraction of sp³-hybridized carbons (Fsp3) is 0.211. The highest BCUT2D eigenvalue weighted by molar-refractivity contribution is 7.99. The van der Waals surface area contributed by atoms with Crippen molar-refractivity contribution >= 4 is 35.1 Å². The average molecular weight is 393 g/mol. The first kappa shape index (κ1) is 20.6. The van der Waals surface area contributed by atoms with Crippen molar-refractivity contribution in [3.8, 4) is 0 Å². The molecule has 0 aliphatic heterocycles. The molecule has 2 rings (SSSR count). The third-order valence-electron chi connectivity index (χ3n) is 3.34. The first-order valence-corrected chi connectivity index (χ1v) is 8.98. The molecule has 0 aliphatic carbocycles. The molecule has 0 spiro atoms. The zero-order chi connectivity index (χ0) is 19.8. The summed E-state index contributed by atoms with van der Waals surface area (Å²) in [6.07, 6.45) is 0.0548. The van der Waals surface area contributed by atoms with Crippen LogP contribution in [-0.4, -0.2) is 30.0 Å². The van der Waals surface area contributed by atoms with Crippen molar-refractivity contribution in [2.45, 2.75) is 18.2 Å². The second-order valence-electron chi connectivity index (χ2n) is 5.51. The predicted molar refractivity (Wildman–Crippen MR) is 97.7 cm³/mol. The van der Waals surface area contributed by atoms with Crippen LogP contribution in [0.5, 0.6) is 0 Å². The van der Waals surface area contributed by atoms with Gasteiger partial charge in [-0.05, 0) is 42.5 Å². The molecule has 0 heterocycles. The average Bonchev–Trinajstić information content (AvgIpc) is 2.61. The molecule has 0 unspecified atom stereocenters. The van der Waals surface area contributed by atoms with Crippen LogP contribution in [0.1, 0.15) is 23.7 Å². The SMILES string of the molecule is CC(=O)Nc1ccc(C(=O)COC(=O)CCSc2ccc(F)cc2)c(F)c1. The Morgan fingerprint density at radius 3 is 2.41 bits per heavy atom. The molecule has 0 bridgehead atoms.